The number of rotatable bonds is 5. The normalized spacial score (nSPS) is 10.5. The Balaban J connectivity index is 1.66. The number of hydrogen-bond acceptors (Lipinski definition) is 4. The molecule has 0 radical (unpaired) electrons. The van der Waals surface area contributed by atoms with E-state index in [9.17, 15) is 0 Å². The van der Waals surface area contributed by atoms with E-state index < -0.39 is 0 Å². The molecule has 2 aromatic carbocycles. The topological polar surface area (TPSA) is 61.3 Å². The highest BCUT2D eigenvalue weighted by Crippen LogP contribution is 2.22. The van der Waals surface area contributed by atoms with Crippen molar-refractivity contribution in [3.63, 3.8) is 0 Å². The summed E-state index contributed by atoms with van der Waals surface area (Å²) < 4.78 is 11.1. The van der Waals surface area contributed by atoms with Gasteiger partial charge in [0.2, 0.25) is 5.89 Å². The predicted molar refractivity (Wildman–Crippen MR) is 80.6 cm³/mol. The minimum atomic E-state index is 0.377. The summed E-state index contributed by atoms with van der Waals surface area (Å²) in [5.41, 5.74) is 8.31. The van der Waals surface area contributed by atoms with Crippen molar-refractivity contribution in [1.29, 1.82) is 0 Å². The maximum Gasteiger partial charge on any atom is 0.226 e. The molecular formula is C17H16N2O2. The van der Waals surface area contributed by atoms with Crippen LogP contribution in [-0.2, 0) is 13.2 Å². The molecule has 0 fully saturated rings. The second-order valence-corrected chi connectivity index (χ2v) is 4.65. The summed E-state index contributed by atoms with van der Waals surface area (Å²) in [6, 6.07) is 17.7. The number of nitrogens with two attached hydrogens (primary N) is 1. The number of benzene rings is 2. The van der Waals surface area contributed by atoms with Gasteiger partial charge in [-0.05, 0) is 29.8 Å². The summed E-state index contributed by atoms with van der Waals surface area (Å²) >= 11 is 0. The van der Waals surface area contributed by atoms with Gasteiger partial charge in [0.15, 0.2) is 0 Å². The maximum atomic E-state index is 5.74. The molecule has 0 aliphatic rings. The minimum Gasteiger partial charge on any atom is -0.489 e. The van der Waals surface area contributed by atoms with Crippen molar-refractivity contribution in [2.24, 2.45) is 5.73 Å². The Morgan fingerprint density at radius 2 is 1.76 bits per heavy atom. The molecule has 0 bridgehead atoms. The molecule has 0 aliphatic heterocycles. The van der Waals surface area contributed by atoms with Crippen molar-refractivity contribution in [1.82, 2.24) is 4.98 Å². The molecule has 0 saturated heterocycles. The van der Waals surface area contributed by atoms with E-state index >= 15 is 0 Å². The average molecular weight is 280 g/mol. The lowest BCUT2D eigenvalue weighted by Gasteiger charge is -2.06. The van der Waals surface area contributed by atoms with Gasteiger partial charge < -0.3 is 14.9 Å². The molecule has 4 heteroatoms. The average Bonchev–Trinajstić information content (AvgIpc) is 3.03. The lowest BCUT2D eigenvalue weighted by Crippen LogP contribution is -1.96. The molecule has 0 aliphatic carbocycles. The van der Waals surface area contributed by atoms with Crippen LogP contribution in [0.15, 0.2) is 65.3 Å². The molecule has 0 saturated carbocycles. The van der Waals surface area contributed by atoms with Crippen molar-refractivity contribution < 1.29 is 9.15 Å². The molecule has 106 valence electrons. The molecule has 3 aromatic rings. The highest BCUT2D eigenvalue weighted by Gasteiger charge is 2.06. The highest BCUT2D eigenvalue weighted by molar-refractivity contribution is 5.54. The molecule has 21 heavy (non-hydrogen) atoms. The monoisotopic (exact) mass is 280 g/mol. The molecule has 2 N–H and O–H groups in total. The zero-order valence-electron chi connectivity index (χ0n) is 11.5. The SMILES string of the molecule is NCc1coc(-c2ccc(OCc3ccccc3)cc2)n1. The van der Waals surface area contributed by atoms with Crippen LogP contribution in [0, 0.1) is 0 Å². The molecule has 0 spiro atoms. The maximum absolute atomic E-state index is 5.74. The van der Waals surface area contributed by atoms with Crippen LogP contribution in [0.1, 0.15) is 11.3 Å². The van der Waals surface area contributed by atoms with Crippen LogP contribution in [0.4, 0.5) is 0 Å². The molecule has 1 aromatic heterocycles. The second-order valence-electron chi connectivity index (χ2n) is 4.65. The Labute approximate surface area is 123 Å². The summed E-state index contributed by atoms with van der Waals surface area (Å²) in [7, 11) is 0. The lowest BCUT2D eigenvalue weighted by molar-refractivity contribution is 0.306. The number of hydrogen-bond donors (Lipinski definition) is 1. The van der Waals surface area contributed by atoms with Gasteiger partial charge in [0.25, 0.3) is 0 Å². The largest absolute Gasteiger partial charge is 0.489 e. The fraction of sp³-hybridized carbons (Fsp3) is 0.118. The first-order valence-corrected chi connectivity index (χ1v) is 6.77. The second kappa shape index (κ2) is 6.24. The lowest BCUT2D eigenvalue weighted by atomic mass is 10.2. The summed E-state index contributed by atoms with van der Waals surface area (Å²) in [5.74, 6) is 1.39. The fourth-order valence-electron chi connectivity index (χ4n) is 1.97. The van der Waals surface area contributed by atoms with E-state index in [2.05, 4.69) is 4.98 Å². The third-order valence-electron chi connectivity index (χ3n) is 3.11. The Morgan fingerprint density at radius 3 is 2.43 bits per heavy atom. The van der Waals surface area contributed by atoms with Crippen molar-refractivity contribution >= 4 is 0 Å². The van der Waals surface area contributed by atoms with E-state index in [0.29, 0.717) is 19.0 Å². The molecular weight excluding hydrogens is 264 g/mol. The van der Waals surface area contributed by atoms with Crippen molar-refractivity contribution in [2.75, 3.05) is 0 Å². The van der Waals surface area contributed by atoms with Gasteiger partial charge in [-0.3, -0.25) is 0 Å². The fourth-order valence-corrected chi connectivity index (χ4v) is 1.97. The first kappa shape index (κ1) is 13.4. The van der Waals surface area contributed by atoms with Gasteiger partial charge in [-0.25, -0.2) is 4.98 Å². The van der Waals surface area contributed by atoms with Gasteiger partial charge in [-0.1, -0.05) is 30.3 Å². The third kappa shape index (κ3) is 3.30. The number of nitrogens with zero attached hydrogens (tertiary/aromatic N) is 1. The third-order valence-corrected chi connectivity index (χ3v) is 3.11. The summed E-state index contributed by atoms with van der Waals surface area (Å²) in [6.07, 6.45) is 1.58. The molecule has 0 unspecified atom stereocenters. The van der Waals surface area contributed by atoms with E-state index in [1.165, 1.54) is 0 Å². The van der Waals surface area contributed by atoms with Crippen LogP contribution in [0.3, 0.4) is 0 Å². The van der Waals surface area contributed by atoms with Crippen LogP contribution in [0.25, 0.3) is 11.5 Å². The molecule has 4 nitrogen and oxygen atoms in total. The Kier molecular flexibility index (Phi) is 3.98. The Hall–Kier alpha value is -2.59. The Morgan fingerprint density at radius 1 is 1.00 bits per heavy atom. The van der Waals surface area contributed by atoms with Crippen LogP contribution in [0.5, 0.6) is 5.75 Å². The van der Waals surface area contributed by atoms with E-state index in [0.717, 1.165) is 22.6 Å². The van der Waals surface area contributed by atoms with Crippen molar-refractivity contribution in [3.05, 3.63) is 72.1 Å². The van der Waals surface area contributed by atoms with E-state index in [1.54, 1.807) is 6.26 Å². The highest BCUT2D eigenvalue weighted by atomic mass is 16.5. The van der Waals surface area contributed by atoms with E-state index in [-0.39, 0.29) is 0 Å². The number of ether oxygens (including phenoxy) is 1. The minimum absolute atomic E-state index is 0.377. The number of aromatic nitrogens is 1. The predicted octanol–water partition coefficient (Wildman–Crippen LogP) is 3.38. The smallest absolute Gasteiger partial charge is 0.226 e. The molecule has 3 rings (SSSR count). The van der Waals surface area contributed by atoms with Crippen molar-refractivity contribution in [3.8, 4) is 17.2 Å². The first-order chi connectivity index (χ1) is 10.3. The van der Waals surface area contributed by atoms with Crippen molar-refractivity contribution in [2.45, 2.75) is 13.2 Å². The van der Waals surface area contributed by atoms with Gasteiger partial charge in [-0.15, -0.1) is 0 Å². The van der Waals surface area contributed by atoms with E-state index in [1.807, 2.05) is 54.6 Å². The zero-order chi connectivity index (χ0) is 14.5. The first-order valence-electron chi connectivity index (χ1n) is 6.77. The standard InChI is InChI=1S/C17H16N2O2/c18-10-15-12-21-17(19-15)14-6-8-16(9-7-14)20-11-13-4-2-1-3-5-13/h1-9,12H,10-11,18H2. The van der Waals surface area contributed by atoms with Gasteiger partial charge in [0.05, 0.1) is 5.69 Å². The quantitative estimate of drug-likeness (QED) is 0.778. The van der Waals surface area contributed by atoms with Crippen LogP contribution >= 0.6 is 0 Å². The summed E-state index contributed by atoms with van der Waals surface area (Å²) in [4.78, 5) is 4.29. The molecule has 1 heterocycles. The van der Waals surface area contributed by atoms with Crippen LogP contribution < -0.4 is 10.5 Å². The van der Waals surface area contributed by atoms with E-state index in [4.69, 9.17) is 14.9 Å². The summed E-state index contributed by atoms with van der Waals surface area (Å²) in [6.45, 7) is 0.929. The molecule has 0 amide bonds. The Bertz CT molecular complexity index is 690. The van der Waals surface area contributed by atoms with Gasteiger partial charge in [-0.2, -0.15) is 0 Å². The van der Waals surface area contributed by atoms with Gasteiger partial charge in [0, 0.05) is 12.1 Å². The van der Waals surface area contributed by atoms with Crippen LogP contribution in [-0.4, -0.2) is 4.98 Å². The zero-order valence-corrected chi connectivity index (χ0v) is 11.5. The van der Waals surface area contributed by atoms with Gasteiger partial charge >= 0.3 is 0 Å². The van der Waals surface area contributed by atoms with Gasteiger partial charge in [0.1, 0.15) is 18.6 Å². The molecule has 0 atom stereocenters. The van der Waals surface area contributed by atoms with Crippen LogP contribution in [0.2, 0.25) is 0 Å². The summed E-state index contributed by atoms with van der Waals surface area (Å²) in [5, 5.41) is 0. The number of oxazole rings is 1.